The number of rotatable bonds is 5. The summed E-state index contributed by atoms with van der Waals surface area (Å²) in [7, 11) is 0. The van der Waals surface area contributed by atoms with Crippen molar-refractivity contribution in [2.24, 2.45) is 5.84 Å². The fourth-order valence-corrected chi connectivity index (χ4v) is 4.29. The molecule has 1 aliphatic heterocycles. The number of ether oxygens (including phenoxy) is 1. The fourth-order valence-electron chi connectivity index (χ4n) is 4.29. The predicted molar refractivity (Wildman–Crippen MR) is 122 cm³/mol. The second kappa shape index (κ2) is 10.5. The third-order valence-corrected chi connectivity index (χ3v) is 5.89. The van der Waals surface area contributed by atoms with Gasteiger partial charge in [0.2, 0.25) is 0 Å². The van der Waals surface area contributed by atoms with E-state index in [1.807, 2.05) is 35.8 Å². The van der Waals surface area contributed by atoms with Gasteiger partial charge in [-0.1, -0.05) is 43.2 Å². The van der Waals surface area contributed by atoms with Crippen LogP contribution in [0.15, 0.2) is 48.5 Å². The van der Waals surface area contributed by atoms with E-state index in [4.69, 9.17) is 10.6 Å². The summed E-state index contributed by atoms with van der Waals surface area (Å²) in [6, 6.07) is 12.7. The number of amides is 4. The first-order valence-electron chi connectivity index (χ1n) is 10.5. The first-order valence-corrected chi connectivity index (χ1v) is 10.5. The monoisotopic (exact) mass is 472 g/mol. The maximum Gasteiger partial charge on any atom is 0.407 e. The molecule has 0 radical (unpaired) electrons. The molecule has 1 fully saturated rings. The van der Waals surface area contributed by atoms with Crippen LogP contribution in [0.1, 0.15) is 62.3 Å². The Morgan fingerprint density at radius 2 is 1.70 bits per heavy atom. The van der Waals surface area contributed by atoms with Crippen LogP contribution in [0.25, 0.3) is 0 Å². The van der Waals surface area contributed by atoms with Gasteiger partial charge in [0, 0.05) is 5.56 Å². The molecule has 4 rings (SSSR count). The molecule has 33 heavy (non-hydrogen) atoms. The van der Waals surface area contributed by atoms with Crippen molar-refractivity contribution in [3.8, 4) is 0 Å². The molecule has 0 bridgehead atoms. The number of benzene rings is 2. The Labute approximate surface area is 197 Å². The summed E-state index contributed by atoms with van der Waals surface area (Å²) >= 11 is 0. The molecular weight excluding hydrogens is 448 g/mol. The normalized spacial score (nSPS) is 19.4. The quantitative estimate of drug-likeness (QED) is 0.265. The van der Waals surface area contributed by atoms with Gasteiger partial charge in [-0.25, -0.2) is 10.6 Å². The van der Waals surface area contributed by atoms with Crippen molar-refractivity contribution in [2.45, 2.75) is 44.4 Å². The Balaban J connectivity index is 0.00000306. The van der Waals surface area contributed by atoms with Crippen LogP contribution in [-0.2, 0) is 11.3 Å². The number of alkyl carbamates (subject to hydrolysis) is 1. The summed E-state index contributed by atoms with van der Waals surface area (Å²) in [6.45, 7) is 0.128. The fraction of sp³-hybridized carbons (Fsp3) is 0.304. The molecule has 1 heterocycles. The van der Waals surface area contributed by atoms with E-state index in [2.05, 4.69) is 5.32 Å². The van der Waals surface area contributed by atoms with E-state index in [9.17, 15) is 19.2 Å². The number of nitrogens with zero attached hydrogens (tertiary/aromatic N) is 1. The molecule has 9 nitrogen and oxygen atoms in total. The first-order chi connectivity index (χ1) is 15.5. The van der Waals surface area contributed by atoms with Gasteiger partial charge in [0.05, 0.1) is 23.2 Å². The van der Waals surface area contributed by atoms with Crippen molar-refractivity contribution in [1.82, 2.24) is 15.6 Å². The maximum atomic E-state index is 13.1. The third kappa shape index (κ3) is 4.99. The average molecular weight is 473 g/mol. The number of halogens is 1. The SMILES string of the molecule is Cl.NNC(=O)c1ccc2c(c1)C(=O)N([C@@H]1CCCC[C@H]1NC(=O)OCc1ccccc1)C2=O. The summed E-state index contributed by atoms with van der Waals surface area (Å²) in [4.78, 5) is 51.6. The van der Waals surface area contributed by atoms with E-state index < -0.39 is 35.9 Å². The number of imide groups is 1. The molecule has 0 saturated heterocycles. The van der Waals surface area contributed by atoms with Crippen molar-refractivity contribution < 1.29 is 23.9 Å². The minimum Gasteiger partial charge on any atom is -0.445 e. The van der Waals surface area contributed by atoms with Gasteiger partial charge in [-0.15, -0.1) is 12.4 Å². The zero-order chi connectivity index (χ0) is 22.7. The Kier molecular flexibility index (Phi) is 7.67. The largest absolute Gasteiger partial charge is 0.445 e. The number of hydrogen-bond acceptors (Lipinski definition) is 6. The summed E-state index contributed by atoms with van der Waals surface area (Å²) in [5.41, 5.74) is 3.46. The minimum absolute atomic E-state index is 0. The average Bonchev–Trinajstić information content (AvgIpc) is 3.07. The molecule has 1 aliphatic carbocycles. The zero-order valence-corrected chi connectivity index (χ0v) is 18.6. The summed E-state index contributed by atoms with van der Waals surface area (Å²) in [6.07, 6.45) is 2.30. The molecular formula is C23H25ClN4O5. The molecule has 2 aliphatic rings. The van der Waals surface area contributed by atoms with Crippen LogP contribution in [0, 0.1) is 0 Å². The van der Waals surface area contributed by atoms with Crippen LogP contribution in [0.3, 0.4) is 0 Å². The number of hydrogen-bond donors (Lipinski definition) is 3. The molecule has 10 heteroatoms. The van der Waals surface area contributed by atoms with Crippen molar-refractivity contribution in [3.63, 3.8) is 0 Å². The van der Waals surface area contributed by atoms with E-state index >= 15 is 0 Å². The summed E-state index contributed by atoms with van der Waals surface area (Å²) < 4.78 is 5.32. The van der Waals surface area contributed by atoms with E-state index in [-0.39, 0.29) is 35.7 Å². The number of carbonyl (C=O) groups excluding carboxylic acids is 4. The molecule has 0 aromatic heterocycles. The van der Waals surface area contributed by atoms with Gasteiger partial charge in [-0.05, 0) is 36.6 Å². The second-order valence-corrected chi connectivity index (χ2v) is 7.88. The Morgan fingerprint density at radius 1 is 1.00 bits per heavy atom. The standard InChI is InChI=1S/C23H24N4O5.ClH/c24-26-20(28)15-10-11-16-17(12-15)22(30)27(21(16)29)19-9-5-4-8-18(19)25-23(31)32-13-14-6-2-1-3-7-14;/h1-3,6-7,10-12,18-19H,4-5,8-9,13,24H2,(H,25,31)(H,26,28);1H/t18-,19-;/m1./s1. The number of nitrogen functional groups attached to an aromatic ring is 1. The molecule has 2 aromatic carbocycles. The highest BCUT2D eigenvalue weighted by Gasteiger charge is 2.44. The molecule has 0 unspecified atom stereocenters. The second-order valence-electron chi connectivity index (χ2n) is 7.88. The number of fused-ring (bicyclic) bond motifs is 1. The van der Waals surface area contributed by atoms with Crippen LogP contribution >= 0.6 is 12.4 Å². The van der Waals surface area contributed by atoms with Crippen molar-refractivity contribution in [2.75, 3.05) is 0 Å². The van der Waals surface area contributed by atoms with Gasteiger partial charge in [-0.2, -0.15) is 0 Å². The Hall–Kier alpha value is -3.43. The Morgan fingerprint density at radius 3 is 2.42 bits per heavy atom. The highest BCUT2D eigenvalue weighted by Crippen LogP contribution is 2.32. The number of nitrogens with two attached hydrogens (primary N) is 1. The summed E-state index contributed by atoms with van der Waals surface area (Å²) in [5.74, 6) is 3.71. The van der Waals surface area contributed by atoms with Crippen LogP contribution in [0.2, 0.25) is 0 Å². The number of nitrogens with one attached hydrogen (secondary N) is 2. The van der Waals surface area contributed by atoms with Gasteiger partial charge in [0.25, 0.3) is 17.7 Å². The molecule has 1 saturated carbocycles. The van der Waals surface area contributed by atoms with Crippen molar-refractivity contribution >= 4 is 36.2 Å². The number of carbonyl (C=O) groups is 4. The van der Waals surface area contributed by atoms with Crippen molar-refractivity contribution in [3.05, 3.63) is 70.8 Å². The minimum atomic E-state index is -0.593. The zero-order valence-electron chi connectivity index (χ0n) is 17.8. The third-order valence-electron chi connectivity index (χ3n) is 5.89. The van der Waals surface area contributed by atoms with Crippen LogP contribution in [0.4, 0.5) is 4.79 Å². The van der Waals surface area contributed by atoms with E-state index in [0.717, 1.165) is 18.4 Å². The topological polar surface area (TPSA) is 131 Å². The van der Waals surface area contributed by atoms with E-state index in [1.54, 1.807) is 0 Å². The highest BCUT2D eigenvalue weighted by molar-refractivity contribution is 6.22. The van der Waals surface area contributed by atoms with Crippen LogP contribution in [-0.4, -0.2) is 40.8 Å². The molecule has 2 aromatic rings. The molecule has 0 spiro atoms. The Bertz CT molecular complexity index is 1060. The number of hydrazine groups is 1. The first kappa shape index (κ1) is 24.2. The van der Waals surface area contributed by atoms with Gasteiger partial charge < -0.3 is 10.1 Å². The molecule has 4 amide bonds. The summed E-state index contributed by atoms with van der Waals surface area (Å²) in [5, 5.41) is 2.83. The van der Waals surface area contributed by atoms with Gasteiger partial charge in [0.15, 0.2) is 0 Å². The van der Waals surface area contributed by atoms with Crippen LogP contribution in [0.5, 0.6) is 0 Å². The molecule has 2 atom stereocenters. The van der Waals surface area contributed by atoms with E-state index in [1.165, 1.54) is 23.1 Å². The lowest BCUT2D eigenvalue weighted by Crippen LogP contribution is -2.55. The van der Waals surface area contributed by atoms with Crippen molar-refractivity contribution in [1.29, 1.82) is 0 Å². The molecule has 174 valence electrons. The predicted octanol–water partition coefficient (Wildman–Crippen LogP) is 2.55. The van der Waals surface area contributed by atoms with E-state index in [0.29, 0.717) is 12.8 Å². The molecule has 4 N–H and O–H groups in total. The maximum absolute atomic E-state index is 13.1. The van der Waals surface area contributed by atoms with Gasteiger partial charge >= 0.3 is 6.09 Å². The lowest BCUT2D eigenvalue weighted by Gasteiger charge is -2.36. The van der Waals surface area contributed by atoms with Gasteiger partial charge in [-0.3, -0.25) is 24.7 Å². The van der Waals surface area contributed by atoms with Gasteiger partial charge in [0.1, 0.15) is 6.61 Å². The highest BCUT2D eigenvalue weighted by atomic mass is 35.5. The van der Waals surface area contributed by atoms with Crippen LogP contribution < -0.4 is 16.6 Å². The lowest BCUT2D eigenvalue weighted by molar-refractivity contribution is 0.0493. The smallest absolute Gasteiger partial charge is 0.407 e. The lowest BCUT2D eigenvalue weighted by atomic mass is 9.89.